The summed E-state index contributed by atoms with van der Waals surface area (Å²) >= 11 is 0. The van der Waals surface area contributed by atoms with Gasteiger partial charge in [-0.2, -0.15) is 4.98 Å². The number of anilines is 5. The van der Waals surface area contributed by atoms with Gasteiger partial charge in [-0.1, -0.05) is 18.2 Å². The average molecular weight is 472 g/mol. The third-order valence-electron chi connectivity index (χ3n) is 6.42. The van der Waals surface area contributed by atoms with Crippen LogP contribution >= 0.6 is 0 Å². The van der Waals surface area contributed by atoms with Crippen molar-refractivity contribution in [3.63, 3.8) is 0 Å². The third kappa shape index (κ3) is 5.03. The van der Waals surface area contributed by atoms with E-state index >= 15 is 0 Å². The average Bonchev–Trinajstić information content (AvgIpc) is 3.71. The molecule has 1 aliphatic carbocycles. The molecule has 9 nitrogen and oxygen atoms in total. The molecule has 5 rings (SSSR count). The van der Waals surface area contributed by atoms with Gasteiger partial charge in [0, 0.05) is 62.4 Å². The van der Waals surface area contributed by atoms with Crippen molar-refractivity contribution in [3.8, 4) is 0 Å². The van der Waals surface area contributed by atoms with E-state index in [0.29, 0.717) is 17.3 Å². The SMILES string of the molecule is CC(=O)N1CCN(c2ccc(Nc3ncc(C(N)=O)c(N(c4ccccc4)C4CC4)n3)cc2)CC1. The van der Waals surface area contributed by atoms with Crippen LogP contribution in [0.25, 0.3) is 0 Å². The number of rotatable bonds is 7. The number of carbonyl (C=O) groups is 2. The maximum Gasteiger partial charge on any atom is 0.254 e. The summed E-state index contributed by atoms with van der Waals surface area (Å²) in [5, 5.41) is 3.26. The molecule has 3 N–H and O–H groups in total. The van der Waals surface area contributed by atoms with Crippen molar-refractivity contribution in [2.45, 2.75) is 25.8 Å². The minimum absolute atomic E-state index is 0.124. The van der Waals surface area contributed by atoms with Crippen LogP contribution in [0, 0.1) is 0 Å². The van der Waals surface area contributed by atoms with Gasteiger partial charge >= 0.3 is 0 Å². The lowest BCUT2D eigenvalue weighted by Gasteiger charge is -2.35. The second-order valence-electron chi connectivity index (χ2n) is 8.90. The number of amides is 2. The summed E-state index contributed by atoms with van der Waals surface area (Å²) in [4.78, 5) is 39.0. The van der Waals surface area contributed by atoms with E-state index in [4.69, 9.17) is 10.7 Å². The first-order valence-electron chi connectivity index (χ1n) is 11.9. The van der Waals surface area contributed by atoms with Crippen LogP contribution in [0.5, 0.6) is 0 Å². The lowest BCUT2D eigenvalue weighted by molar-refractivity contribution is -0.129. The van der Waals surface area contributed by atoms with Crippen molar-refractivity contribution in [2.24, 2.45) is 5.73 Å². The number of benzene rings is 2. The van der Waals surface area contributed by atoms with Crippen LogP contribution in [0.1, 0.15) is 30.1 Å². The van der Waals surface area contributed by atoms with Crippen LogP contribution in [0.15, 0.2) is 60.8 Å². The minimum atomic E-state index is -0.553. The Morgan fingerprint density at radius 3 is 2.29 bits per heavy atom. The summed E-state index contributed by atoms with van der Waals surface area (Å²) in [6.07, 6.45) is 3.55. The van der Waals surface area contributed by atoms with Gasteiger partial charge in [-0.25, -0.2) is 4.98 Å². The standard InChI is InChI=1S/C26H29N7O2/c1-18(34)31-13-15-32(16-14-31)20-9-7-19(8-10-20)29-26-28-17-23(24(27)35)25(30-26)33(22-11-12-22)21-5-3-2-4-6-21/h2-10,17,22H,11-16H2,1H3,(H2,27,35)(H,28,29,30). The van der Waals surface area contributed by atoms with Crippen LogP contribution < -0.4 is 20.9 Å². The largest absolute Gasteiger partial charge is 0.368 e. The van der Waals surface area contributed by atoms with Gasteiger partial charge in [-0.3, -0.25) is 9.59 Å². The molecule has 1 aromatic heterocycles. The van der Waals surface area contributed by atoms with Gasteiger partial charge in [0.1, 0.15) is 5.56 Å². The predicted octanol–water partition coefficient (Wildman–Crippen LogP) is 3.29. The minimum Gasteiger partial charge on any atom is -0.368 e. The second kappa shape index (κ2) is 9.61. The summed E-state index contributed by atoms with van der Waals surface area (Å²) in [5.74, 6) is 0.485. The molecule has 2 amide bonds. The van der Waals surface area contributed by atoms with Gasteiger partial charge in [0.05, 0.1) is 0 Å². The summed E-state index contributed by atoms with van der Waals surface area (Å²) in [7, 11) is 0. The van der Waals surface area contributed by atoms with Crippen molar-refractivity contribution < 1.29 is 9.59 Å². The number of hydrogen-bond acceptors (Lipinski definition) is 7. The zero-order chi connectivity index (χ0) is 24.4. The van der Waals surface area contributed by atoms with E-state index in [1.54, 1.807) is 6.92 Å². The molecule has 0 atom stereocenters. The molecule has 180 valence electrons. The van der Waals surface area contributed by atoms with E-state index in [0.717, 1.165) is 56.1 Å². The Morgan fingerprint density at radius 1 is 1.00 bits per heavy atom. The van der Waals surface area contributed by atoms with Gasteiger partial charge in [-0.05, 0) is 49.2 Å². The number of para-hydroxylation sites is 1. The number of carbonyl (C=O) groups excluding carboxylic acids is 2. The topological polar surface area (TPSA) is 108 Å². The van der Waals surface area contributed by atoms with E-state index in [1.807, 2.05) is 59.5 Å². The number of piperazine rings is 1. The number of hydrogen-bond donors (Lipinski definition) is 2. The van der Waals surface area contributed by atoms with Gasteiger partial charge in [0.25, 0.3) is 5.91 Å². The van der Waals surface area contributed by atoms with E-state index in [9.17, 15) is 9.59 Å². The third-order valence-corrected chi connectivity index (χ3v) is 6.42. The van der Waals surface area contributed by atoms with Crippen LogP contribution in [0.2, 0.25) is 0 Å². The molecule has 1 aliphatic heterocycles. The molecular formula is C26H29N7O2. The van der Waals surface area contributed by atoms with Gasteiger partial charge in [0.2, 0.25) is 11.9 Å². The Hall–Kier alpha value is -4.14. The van der Waals surface area contributed by atoms with Crippen molar-refractivity contribution in [1.29, 1.82) is 0 Å². The fourth-order valence-corrected chi connectivity index (χ4v) is 4.38. The molecule has 2 aliphatic rings. The van der Waals surface area contributed by atoms with E-state index in [-0.39, 0.29) is 11.9 Å². The Kier molecular flexibility index (Phi) is 6.22. The predicted molar refractivity (Wildman–Crippen MR) is 136 cm³/mol. The molecule has 1 saturated carbocycles. The van der Waals surface area contributed by atoms with Crippen molar-refractivity contribution in [1.82, 2.24) is 14.9 Å². The number of nitrogens with two attached hydrogens (primary N) is 1. The maximum absolute atomic E-state index is 12.2. The van der Waals surface area contributed by atoms with Gasteiger partial charge in [0.15, 0.2) is 5.82 Å². The Morgan fingerprint density at radius 2 is 1.69 bits per heavy atom. The molecule has 3 aromatic rings. The first-order valence-corrected chi connectivity index (χ1v) is 11.9. The molecule has 35 heavy (non-hydrogen) atoms. The van der Waals surface area contributed by atoms with Crippen LogP contribution in [-0.4, -0.2) is 58.9 Å². The van der Waals surface area contributed by atoms with E-state index in [2.05, 4.69) is 20.1 Å². The van der Waals surface area contributed by atoms with Crippen LogP contribution in [-0.2, 0) is 4.79 Å². The first kappa shape index (κ1) is 22.6. The number of primary amides is 1. The monoisotopic (exact) mass is 471 g/mol. The summed E-state index contributed by atoms with van der Waals surface area (Å²) < 4.78 is 0. The molecule has 2 fully saturated rings. The Balaban J connectivity index is 1.35. The number of nitrogens with one attached hydrogen (secondary N) is 1. The van der Waals surface area contributed by atoms with Crippen LogP contribution in [0.3, 0.4) is 0 Å². The summed E-state index contributed by atoms with van der Waals surface area (Å²) in [6, 6.07) is 18.2. The molecule has 2 heterocycles. The molecule has 1 saturated heterocycles. The lowest BCUT2D eigenvalue weighted by Crippen LogP contribution is -2.48. The zero-order valence-electron chi connectivity index (χ0n) is 19.7. The number of nitrogens with zero attached hydrogens (tertiary/aromatic N) is 5. The molecule has 0 bridgehead atoms. The molecule has 0 spiro atoms. The van der Waals surface area contributed by atoms with Crippen molar-refractivity contribution >= 4 is 40.6 Å². The van der Waals surface area contributed by atoms with Crippen LogP contribution in [0.4, 0.5) is 28.8 Å². The number of aromatic nitrogens is 2. The molecule has 9 heteroatoms. The Bertz CT molecular complexity index is 1200. The first-order chi connectivity index (χ1) is 17.0. The lowest BCUT2D eigenvalue weighted by atomic mass is 10.2. The highest BCUT2D eigenvalue weighted by Crippen LogP contribution is 2.39. The van der Waals surface area contributed by atoms with Crippen molar-refractivity contribution in [2.75, 3.05) is 41.3 Å². The highest BCUT2D eigenvalue weighted by atomic mass is 16.2. The highest BCUT2D eigenvalue weighted by molar-refractivity contribution is 5.98. The molecule has 2 aromatic carbocycles. The molecule has 0 radical (unpaired) electrons. The van der Waals surface area contributed by atoms with E-state index in [1.165, 1.54) is 6.20 Å². The van der Waals surface area contributed by atoms with Gasteiger partial charge in [-0.15, -0.1) is 0 Å². The smallest absolute Gasteiger partial charge is 0.254 e. The van der Waals surface area contributed by atoms with Crippen molar-refractivity contribution in [3.05, 3.63) is 66.4 Å². The zero-order valence-corrected chi connectivity index (χ0v) is 19.7. The normalized spacial score (nSPS) is 15.6. The summed E-state index contributed by atoms with van der Waals surface area (Å²) in [5.41, 5.74) is 8.88. The quantitative estimate of drug-likeness (QED) is 0.544. The fraction of sp³-hybridized carbons (Fsp3) is 0.308. The Labute approximate surface area is 204 Å². The second-order valence-corrected chi connectivity index (χ2v) is 8.90. The molecule has 0 unspecified atom stereocenters. The summed E-state index contributed by atoms with van der Waals surface area (Å²) in [6.45, 7) is 4.70. The van der Waals surface area contributed by atoms with E-state index < -0.39 is 5.91 Å². The maximum atomic E-state index is 12.2. The van der Waals surface area contributed by atoms with Gasteiger partial charge < -0.3 is 25.8 Å². The fourth-order valence-electron chi connectivity index (χ4n) is 4.38. The molecular weight excluding hydrogens is 442 g/mol. The highest BCUT2D eigenvalue weighted by Gasteiger charge is 2.33.